The minimum Gasteiger partial charge on any atom is -0.454 e. The number of imidazole rings is 1. The van der Waals surface area contributed by atoms with Crippen molar-refractivity contribution in [2.24, 2.45) is 0 Å². The van der Waals surface area contributed by atoms with Gasteiger partial charge in [-0.15, -0.1) is 0 Å². The summed E-state index contributed by atoms with van der Waals surface area (Å²) in [6, 6.07) is 14.5. The second kappa shape index (κ2) is 7.81. The fraction of sp³-hybridized carbons (Fsp3) is 0. The second-order valence-electron chi connectivity index (χ2n) is 6.30. The highest BCUT2D eigenvalue weighted by Crippen LogP contribution is 2.44. The highest BCUT2D eigenvalue weighted by Gasteiger charge is 2.20. The molecule has 0 aliphatic rings. The third-order valence-electron chi connectivity index (χ3n) is 4.26. The maximum Gasteiger partial charge on any atom is 0.177 e. The van der Waals surface area contributed by atoms with Gasteiger partial charge in [0.05, 0.1) is 17.9 Å². The van der Waals surface area contributed by atoms with Crippen LogP contribution in [0.3, 0.4) is 0 Å². The van der Waals surface area contributed by atoms with Crippen LogP contribution in [-0.4, -0.2) is 24.9 Å². The van der Waals surface area contributed by atoms with Gasteiger partial charge >= 0.3 is 0 Å². The van der Waals surface area contributed by atoms with Crippen LogP contribution in [0.15, 0.2) is 79.5 Å². The number of benzene rings is 1. The second-order valence-corrected chi connectivity index (χ2v) is 6.67. The molecule has 0 amide bonds. The number of pyridine rings is 3. The number of halogens is 1. The van der Waals surface area contributed by atoms with Gasteiger partial charge in [-0.1, -0.05) is 17.7 Å². The van der Waals surface area contributed by atoms with Crippen molar-refractivity contribution in [1.29, 1.82) is 0 Å². The number of ether oxygens (including phenoxy) is 2. The average molecular weight is 416 g/mol. The molecule has 1 N–H and O–H groups in total. The largest absolute Gasteiger partial charge is 0.454 e. The quantitative estimate of drug-likeness (QED) is 0.399. The van der Waals surface area contributed by atoms with Crippen molar-refractivity contribution in [3.8, 4) is 34.5 Å². The van der Waals surface area contributed by atoms with Gasteiger partial charge in [-0.2, -0.15) is 0 Å². The van der Waals surface area contributed by atoms with Gasteiger partial charge in [-0.3, -0.25) is 15.0 Å². The van der Waals surface area contributed by atoms with Crippen LogP contribution in [-0.2, 0) is 0 Å². The summed E-state index contributed by atoms with van der Waals surface area (Å²) in [5.74, 6) is 2.44. The molecule has 5 rings (SSSR count). The van der Waals surface area contributed by atoms with Crippen LogP contribution in [0.25, 0.3) is 22.6 Å². The van der Waals surface area contributed by atoms with Gasteiger partial charge in [-0.25, -0.2) is 4.98 Å². The Labute approximate surface area is 176 Å². The zero-order chi connectivity index (χ0) is 20.3. The van der Waals surface area contributed by atoms with Crippen molar-refractivity contribution in [3.63, 3.8) is 0 Å². The minimum absolute atomic E-state index is 0.286. The Balaban J connectivity index is 1.66. The molecule has 0 aliphatic heterocycles. The average Bonchev–Trinajstić information content (AvgIpc) is 3.22. The number of hydrogen-bond donors (Lipinski definition) is 1. The van der Waals surface area contributed by atoms with E-state index in [-0.39, 0.29) is 5.02 Å². The fourth-order valence-electron chi connectivity index (χ4n) is 2.93. The normalized spacial score (nSPS) is 10.8. The van der Waals surface area contributed by atoms with Gasteiger partial charge < -0.3 is 14.5 Å². The van der Waals surface area contributed by atoms with Gasteiger partial charge in [0.1, 0.15) is 27.7 Å². The van der Waals surface area contributed by atoms with Crippen LogP contribution < -0.4 is 9.47 Å². The molecule has 4 aromatic heterocycles. The monoisotopic (exact) mass is 415 g/mol. The van der Waals surface area contributed by atoms with Crippen molar-refractivity contribution in [1.82, 2.24) is 24.9 Å². The van der Waals surface area contributed by atoms with Crippen LogP contribution >= 0.6 is 11.6 Å². The standard InChI is InChI=1S/C22H14ClN5O2/c23-19-18(29-14-5-3-8-24-12-14)11-17-20(21(19)30-15-6-4-9-25-13-15)28-22(27-17)16-7-1-2-10-26-16/h1-13H,(H,27,28). The summed E-state index contributed by atoms with van der Waals surface area (Å²) in [6.07, 6.45) is 8.25. The molecular weight excluding hydrogens is 402 g/mol. The molecule has 30 heavy (non-hydrogen) atoms. The first-order valence-electron chi connectivity index (χ1n) is 9.07. The third kappa shape index (κ3) is 3.54. The Bertz CT molecular complexity index is 1300. The van der Waals surface area contributed by atoms with E-state index in [1.807, 2.05) is 18.2 Å². The first kappa shape index (κ1) is 18.1. The highest BCUT2D eigenvalue weighted by molar-refractivity contribution is 6.34. The van der Waals surface area contributed by atoms with Crippen LogP contribution in [0.4, 0.5) is 0 Å². The summed E-state index contributed by atoms with van der Waals surface area (Å²) in [4.78, 5) is 20.5. The molecule has 0 spiro atoms. The maximum absolute atomic E-state index is 6.68. The summed E-state index contributed by atoms with van der Waals surface area (Å²) in [5, 5.41) is 0.286. The van der Waals surface area contributed by atoms with Crippen molar-refractivity contribution >= 4 is 22.6 Å². The Hall–Kier alpha value is -3.97. The summed E-state index contributed by atoms with van der Waals surface area (Å²) < 4.78 is 12.0. The molecule has 0 aliphatic carbocycles. The molecule has 8 heteroatoms. The molecule has 0 saturated heterocycles. The van der Waals surface area contributed by atoms with E-state index in [9.17, 15) is 0 Å². The van der Waals surface area contributed by atoms with Gasteiger partial charge in [0.2, 0.25) is 0 Å². The van der Waals surface area contributed by atoms with E-state index >= 15 is 0 Å². The number of nitrogens with zero attached hydrogens (tertiary/aromatic N) is 4. The number of rotatable bonds is 5. The van der Waals surface area contributed by atoms with Crippen molar-refractivity contribution in [2.45, 2.75) is 0 Å². The van der Waals surface area contributed by atoms with Crippen LogP contribution in [0, 0.1) is 0 Å². The number of nitrogens with one attached hydrogen (secondary N) is 1. The van der Waals surface area contributed by atoms with E-state index in [0.717, 1.165) is 0 Å². The lowest BCUT2D eigenvalue weighted by Crippen LogP contribution is -1.92. The fourth-order valence-corrected chi connectivity index (χ4v) is 3.15. The number of aromatic amines is 1. The zero-order valence-electron chi connectivity index (χ0n) is 15.5. The third-order valence-corrected chi connectivity index (χ3v) is 4.62. The Morgan fingerprint density at radius 3 is 2.27 bits per heavy atom. The lowest BCUT2D eigenvalue weighted by molar-refractivity contribution is 0.462. The summed E-state index contributed by atoms with van der Waals surface area (Å²) >= 11 is 6.68. The molecule has 1 aromatic carbocycles. The van der Waals surface area contributed by atoms with E-state index in [0.29, 0.717) is 45.5 Å². The van der Waals surface area contributed by atoms with E-state index in [2.05, 4.69) is 24.9 Å². The first-order chi connectivity index (χ1) is 14.8. The Morgan fingerprint density at radius 2 is 1.60 bits per heavy atom. The van der Waals surface area contributed by atoms with E-state index < -0.39 is 0 Å². The van der Waals surface area contributed by atoms with Crippen LogP contribution in [0.5, 0.6) is 23.0 Å². The topological polar surface area (TPSA) is 85.8 Å². The van der Waals surface area contributed by atoms with Crippen molar-refractivity contribution < 1.29 is 9.47 Å². The smallest absolute Gasteiger partial charge is 0.177 e. The van der Waals surface area contributed by atoms with E-state index in [4.69, 9.17) is 21.1 Å². The molecule has 5 aromatic rings. The molecular formula is C22H14ClN5O2. The SMILES string of the molecule is Clc1c(Oc2cccnc2)cc2[nH]c(-c3ccccn3)nc2c1Oc1cccnc1. The van der Waals surface area contributed by atoms with Crippen molar-refractivity contribution in [2.75, 3.05) is 0 Å². The maximum atomic E-state index is 6.68. The Morgan fingerprint density at radius 1 is 0.833 bits per heavy atom. The van der Waals surface area contributed by atoms with Gasteiger partial charge in [-0.05, 0) is 36.4 Å². The molecule has 4 heterocycles. The van der Waals surface area contributed by atoms with Gasteiger partial charge in [0.25, 0.3) is 0 Å². The number of hydrogen-bond acceptors (Lipinski definition) is 6. The number of aromatic nitrogens is 5. The number of H-pyrrole nitrogens is 1. The summed E-state index contributed by atoms with van der Waals surface area (Å²) in [5.41, 5.74) is 1.95. The predicted molar refractivity (Wildman–Crippen MR) is 113 cm³/mol. The minimum atomic E-state index is 0.286. The first-order valence-corrected chi connectivity index (χ1v) is 9.45. The Kier molecular flexibility index (Phi) is 4.71. The van der Waals surface area contributed by atoms with Gasteiger partial charge in [0, 0.05) is 24.7 Å². The highest BCUT2D eigenvalue weighted by atomic mass is 35.5. The molecule has 0 saturated carbocycles. The van der Waals surface area contributed by atoms with Crippen LogP contribution in [0.1, 0.15) is 0 Å². The van der Waals surface area contributed by atoms with Crippen molar-refractivity contribution in [3.05, 3.63) is 84.5 Å². The van der Waals surface area contributed by atoms with E-state index in [1.165, 1.54) is 0 Å². The van der Waals surface area contributed by atoms with Gasteiger partial charge in [0.15, 0.2) is 17.3 Å². The molecule has 0 unspecified atom stereocenters. The van der Waals surface area contributed by atoms with Crippen LogP contribution in [0.2, 0.25) is 5.02 Å². The molecule has 0 radical (unpaired) electrons. The molecule has 0 atom stereocenters. The number of fused-ring (bicyclic) bond motifs is 1. The predicted octanol–water partition coefficient (Wildman–Crippen LogP) is 5.65. The lowest BCUT2D eigenvalue weighted by atomic mass is 10.2. The molecule has 0 fully saturated rings. The molecule has 146 valence electrons. The summed E-state index contributed by atoms with van der Waals surface area (Å²) in [7, 11) is 0. The lowest BCUT2D eigenvalue weighted by Gasteiger charge is -2.12. The van der Waals surface area contributed by atoms with E-state index in [1.54, 1.807) is 61.3 Å². The molecule has 7 nitrogen and oxygen atoms in total. The molecule has 0 bridgehead atoms. The summed E-state index contributed by atoms with van der Waals surface area (Å²) in [6.45, 7) is 0. The zero-order valence-corrected chi connectivity index (χ0v) is 16.2.